The number of hydrogen-bond acceptors (Lipinski definition) is 4. The number of nitrogens with one attached hydrogen (secondary N) is 1. The van der Waals surface area contributed by atoms with E-state index in [0.717, 1.165) is 64.2 Å². The third-order valence-electron chi connectivity index (χ3n) is 4.92. The Kier molecular flexibility index (Phi) is 7.81. The van der Waals surface area contributed by atoms with Crippen LogP contribution in [-0.2, 0) is 17.6 Å². The van der Waals surface area contributed by atoms with Crippen LogP contribution < -0.4 is 5.32 Å². The Morgan fingerprint density at radius 1 is 1.04 bits per heavy atom. The van der Waals surface area contributed by atoms with Crippen molar-refractivity contribution in [2.24, 2.45) is 0 Å². The second-order valence-corrected chi connectivity index (χ2v) is 6.90. The molecule has 0 radical (unpaired) electrons. The molecule has 1 saturated heterocycles. The number of unbranched alkanes of at least 4 members (excludes halogenated alkanes) is 1. The first-order valence-electron chi connectivity index (χ1n) is 9.89. The fraction of sp³-hybridized carbons (Fsp3) is 0.455. The molecule has 2 aromatic rings. The van der Waals surface area contributed by atoms with Gasteiger partial charge in [-0.15, -0.1) is 0 Å². The number of morpholine rings is 1. The Morgan fingerprint density at radius 2 is 1.85 bits per heavy atom. The average Bonchev–Trinajstić information content (AvgIpc) is 2.73. The fourth-order valence-electron chi connectivity index (χ4n) is 3.36. The number of rotatable bonds is 9. The normalized spacial score (nSPS) is 14.8. The summed E-state index contributed by atoms with van der Waals surface area (Å²) in [6.45, 7) is 5.46. The number of carbonyl (C=O) groups is 1. The molecule has 144 valence electrons. The minimum atomic E-state index is -0.0257. The summed E-state index contributed by atoms with van der Waals surface area (Å²) in [4.78, 5) is 19.5. The van der Waals surface area contributed by atoms with Gasteiger partial charge in [-0.05, 0) is 49.9 Å². The van der Waals surface area contributed by atoms with E-state index in [9.17, 15) is 4.79 Å². The minimum Gasteiger partial charge on any atom is -0.379 e. The van der Waals surface area contributed by atoms with Crippen LogP contribution in [0.3, 0.4) is 0 Å². The molecule has 0 aliphatic carbocycles. The van der Waals surface area contributed by atoms with Gasteiger partial charge < -0.3 is 10.1 Å². The summed E-state index contributed by atoms with van der Waals surface area (Å²) in [5.74, 6) is -0.0257. The Hall–Kier alpha value is -2.24. The van der Waals surface area contributed by atoms with Crippen molar-refractivity contribution in [3.05, 3.63) is 65.5 Å². The lowest BCUT2D eigenvalue weighted by Crippen LogP contribution is -2.36. The molecular formula is C22H29N3O2. The maximum absolute atomic E-state index is 12.6. The number of nitrogens with zero attached hydrogens (tertiary/aromatic N) is 2. The smallest absolute Gasteiger partial charge is 0.253 e. The summed E-state index contributed by atoms with van der Waals surface area (Å²) in [5.41, 5.74) is 2.83. The van der Waals surface area contributed by atoms with E-state index in [4.69, 9.17) is 4.74 Å². The molecule has 1 fully saturated rings. The van der Waals surface area contributed by atoms with Crippen LogP contribution in [0.15, 0.2) is 48.7 Å². The van der Waals surface area contributed by atoms with Crippen LogP contribution >= 0.6 is 0 Å². The number of carbonyl (C=O) groups excluding carboxylic acids is 1. The van der Waals surface area contributed by atoms with Gasteiger partial charge in [0, 0.05) is 25.8 Å². The topological polar surface area (TPSA) is 54.5 Å². The molecule has 1 aromatic carbocycles. The van der Waals surface area contributed by atoms with Gasteiger partial charge in [-0.3, -0.25) is 14.7 Å². The van der Waals surface area contributed by atoms with E-state index >= 15 is 0 Å². The summed E-state index contributed by atoms with van der Waals surface area (Å²) in [6.07, 6.45) is 5.61. The second-order valence-electron chi connectivity index (χ2n) is 6.90. The van der Waals surface area contributed by atoms with Crippen LogP contribution in [0.4, 0.5) is 0 Å². The van der Waals surface area contributed by atoms with Crippen molar-refractivity contribution in [2.75, 3.05) is 39.4 Å². The van der Waals surface area contributed by atoms with Crippen LogP contribution in [0.1, 0.15) is 34.5 Å². The van der Waals surface area contributed by atoms with Gasteiger partial charge in [-0.1, -0.05) is 30.3 Å². The highest BCUT2D eigenvalue weighted by Crippen LogP contribution is 2.10. The molecule has 5 nitrogen and oxygen atoms in total. The first kappa shape index (κ1) is 19.5. The van der Waals surface area contributed by atoms with E-state index in [1.54, 1.807) is 6.20 Å². The van der Waals surface area contributed by atoms with Crippen molar-refractivity contribution in [1.29, 1.82) is 0 Å². The summed E-state index contributed by atoms with van der Waals surface area (Å²) >= 11 is 0. The molecule has 1 amide bonds. The molecule has 1 aliphatic heterocycles. The maximum Gasteiger partial charge on any atom is 0.253 e. The summed E-state index contributed by atoms with van der Waals surface area (Å²) in [7, 11) is 0. The van der Waals surface area contributed by atoms with Crippen molar-refractivity contribution >= 4 is 5.91 Å². The highest BCUT2D eigenvalue weighted by Gasteiger charge is 2.13. The Bertz CT molecular complexity index is 700. The minimum absolute atomic E-state index is 0.0257. The lowest BCUT2D eigenvalue weighted by Gasteiger charge is -2.26. The summed E-state index contributed by atoms with van der Waals surface area (Å²) < 4.78 is 5.38. The van der Waals surface area contributed by atoms with E-state index in [1.165, 1.54) is 5.56 Å². The Morgan fingerprint density at radius 3 is 2.67 bits per heavy atom. The van der Waals surface area contributed by atoms with Crippen LogP contribution in [0.2, 0.25) is 0 Å². The van der Waals surface area contributed by atoms with Gasteiger partial charge in [0.15, 0.2) is 0 Å². The highest BCUT2D eigenvalue weighted by molar-refractivity contribution is 5.95. The van der Waals surface area contributed by atoms with Crippen molar-refractivity contribution in [3.8, 4) is 0 Å². The zero-order chi connectivity index (χ0) is 18.7. The number of hydrogen-bond donors (Lipinski definition) is 1. The van der Waals surface area contributed by atoms with Gasteiger partial charge in [0.1, 0.15) is 0 Å². The first-order valence-corrected chi connectivity index (χ1v) is 9.89. The maximum atomic E-state index is 12.6. The molecule has 0 spiro atoms. The zero-order valence-electron chi connectivity index (χ0n) is 15.9. The van der Waals surface area contributed by atoms with Crippen LogP contribution in [0.5, 0.6) is 0 Å². The molecule has 0 atom stereocenters. The molecule has 3 rings (SSSR count). The number of aromatic nitrogens is 1. The molecule has 5 heteroatoms. The predicted octanol–water partition coefficient (Wildman–Crippen LogP) is 2.71. The van der Waals surface area contributed by atoms with Gasteiger partial charge in [0.2, 0.25) is 0 Å². The van der Waals surface area contributed by atoms with Crippen LogP contribution in [-0.4, -0.2) is 55.2 Å². The number of amides is 1. The Labute approximate surface area is 161 Å². The van der Waals surface area contributed by atoms with Crippen LogP contribution in [0, 0.1) is 0 Å². The molecule has 0 bridgehead atoms. The monoisotopic (exact) mass is 367 g/mol. The lowest BCUT2D eigenvalue weighted by molar-refractivity contribution is 0.0372. The standard InChI is InChI=1S/C22H29N3O2/c26-22(24-13-11-19-7-2-1-3-8-19)20-9-6-12-23-21(20)10-4-5-14-25-15-17-27-18-16-25/h1-3,6-9,12H,4-5,10-11,13-18H2,(H,24,26). The first-order chi connectivity index (χ1) is 13.3. The molecule has 0 saturated carbocycles. The SMILES string of the molecule is O=C(NCCc1ccccc1)c1cccnc1CCCCN1CCOCC1. The van der Waals surface area contributed by atoms with Gasteiger partial charge in [-0.25, -0.2) is 0 Å². The quantitative estimate of drug-likeness (QED) is 0.693. The van der Waals surface area contributed by atoms with Crippen molar-refractivity contribution in [1.82, 2.24) is 15.2 Å². The van der Waals surface area contributed by atoms with E-state index in [1.807, 2.05) is 30.3 Å². The highest BCUT2D eigenvalue weighted by atomic mass is 16.5. The molecular weight excluding hydrogens is 338 g/mol. The van der Waals surface area contributed by atoms with Crippen molar-refractivity contribution in [2.45, 2.75) is 25.7 Å². The largest absolute Gasteiger partial charge is 0.379 e. The van der Waals surface area contributed by atoms with E-state index in [-0.39, 0.29) is 5.91 Å². The predicted molar refractivity (Wildman–Crippen MR) is 107 cm³/mol. The third-order valence-corrected chi connectivity index (χ3v) is 4.92. The number of pyridine rings is 1. The van der Waals surface area contributed by atoms with Gasteiger partial charge >= 0.3 is 0 Å². The van der Waals surface area contributed by atoms with E-state index in [0.29, 0.717) is 12.1 Å². The number of aryl methyl sites for hydroxylation is 1. The lowest BCUT2D eigenvalue weighted by atomic mass is 10.1. The van der Waals surface area contributed by atoms with E-state index < -0.39 is 0 Å². The Balaban J connectivity index is 1.43. The van der Waals surface area contributed by atoms with E-state index in [2.05, 4.69) is 27.3 Å². The number of benzene rings is 1. The third kappa shape index (κ3) is 6.45. The second kappa shape index (κ2) is 10.8. The number of ether oxygens (including phenoxy) is 1. The zero-order valence-corrected chi connectivity index (χ0v) is 15.9. The molecule has 27 heavy (non-hydrogen) atoms. The summed E-state index contributed by atoms with van der Waals surface area (Å²) in [5, 5.41) is 3.03. The summed E-state index contributed by atoms with van der Waals surface area (Å²) in [6, 6.07) is 13.9. The van der Waals surface area contributed by atoms with Crippen molar-refractivity contribution in [3.63, 3.8) is 0 Å². The van der Waals surface area contributed by atoms with Gasteiger partial charge in [-0.2, -0.15) is 0 Å². The fourth-order valence-corrected chi connectivity index (χ4v) is 3.36. The molecule has 1 N–H and O–H groups in total. The van der Waals surface area contributed by atoms with Gasteiger partial charge in [0.05, 0.1) is 24.5 Å². The van der Waals surface area contributed by atoms with Gasteiger partial charge in [0.25, 0.3) is 5.91 Å². The molecule has 0 unspecified atom stereocenters. The molecule has 1 aliphatic rings. The molecule has 2 heterocycles. The van der Waals surface area contributed by atoms with Crippen molar-refractivity contribution < 1.29 is 9.53 Å². The van der Waals surface area contributed by atoms with Crippen LogP contribution in [0.25, 0.3) is 0 Å². The molecule has 1 aromatic heterocycles. The average molecular weight is 367 g/mol.